The first kappa shape index (κ1) is 13.4. The van der Waals surface area contributed by atoms with Crippen LogP contribution in [0, 0.1) is 5.92 Å². The molecule has 0 saturated carbocycles. The molecule has 0 aromatic carbocycles. The van der Waals surface area contributed by atoms with Gasteiger partial charge < -0.3 is 9.64 Å². The van der Waals surface area contributed by atoms with Crippen molar-refractivity contribution >= 4 is 15.8 Å². The van der Waals surface area contributed by atoms with Gasteiger partial charge >= 0.3 is 5.97 Å². The van der Waals surface area contributed by atoms with E-state index in [1.54, 1.807) is 6.92 Å². The lowest BCUT2D eigenvalue weighted by atomic mass is 10.1. The molecule has 2 unspecified atom stereocenters. The normalized spacial score (nSPS) is 25.6. The van der Waals surface area contributed by atoms with Crippen LogP contribution in [0.3, 0.4) is 0 Å². The largest absolute Gasteiger partial charge is 0.469 e. The summed E-state index contributed by atoms with van der Waals surface area (Å²) in [4.78, 5) is 13.2. The van der Waals surface area contributed by atoms with Crippen molar-refractivity contribution in [2.75, 3.05) is 32.2 Å². The topological polar surface area (TPSA) is 63.7 Å². The molecule has 1 saturated heterocycles. The molecule has 5 nitrogen and oxygen atoms in total. The van der Waals surface area contributed by atoms with Crippen molar-refractivity contribution in [3.05, 3.63) is 0 Å². The number of rotatable bonds is 4. The summed E-state index contributed by atoms with van der Waals surface area (Å²) in [5.41, 5.74) is 0. The maximum Gasteiger partial charge on any atom is 0.309 e. The number of esters is 1. The second-order valence-electron chi connectivity index (χ2n) is 4.42. The van der Waals surface area contributed by atoms with Crippen LogP contribution in [0.15, 0.2) is 0 Å². The Morgan fingerprint density at radius 2 is 2.19 bits per heavy atom. The van der Waals surface area contributed by atoms with Gasteiger partial charge in [-0.05, 0) is 13.5 Å². The third-order valence-electron chi connectivity index (χ3n) is 3.00. The van der Waals surface area contributed by atoms with E-state index in [4.69, 9.17) is 0 Å². The molecule has 1 aliphatic heterocycles. The van der Waals surface area contributed by atoms with E-state index in [0.29, 0.717) is 13.0 Å². The SMILES string of the molecule is COC(=O)C(C)CN(C)C1CCS(=O)(=O)C1. The number of ether oxygens (including phenoxy) is 1. The highest BCUT2D eigenvalue weighted by Crippen LogP contribution is 2.17. The monoisotopic (exact) mass is 249 g/mol. The molecule has 2 atom stereocenters. The Morgan fingerprint density at radius 1 is 1.56 bits per heavy atom. The minimum Gasteiger partial charge on any atom is -0.469 e. The highest BCUT2D eigenvalue weighted by atomic mass is 32.2. The van der Waals surface area contributed by atoms with Crippen molar-refractivity contribution in [2.45, 2.75) is 19.4 Å². The van der Waals surface area contributed by atoms with Crippen LogP contribution in [-0.4, -0.2) is 57.5 Å². The smallest absolute Gasteiger partial charge is 0.309 e. The molecule has 0 spiro atoms. The number of sulfone groups is 1. The number of methoxy groups -OCH3 is 1. The van der Waals surface area contributed by atoms with E-state index in [0.717, 1.165) is 0 Å². The fraction of sp³-hybridized carbons (Fsp3) is 0.900. The van der Waals surface area contributed by atoms with Crippen LogP contribution in [-0.2, 0) is 19.4 Å². The van der Waals surface area contributed by atoms with E-state index in [1.807, 2.05) is 11.9 Å². The van der Waals surface area contributed by atoms with Gasteiger partial charge in [0.05, 0.1) is 24.5 Å². The average Bonchev–Trinajstić information content (AvgIpc) is 2.57. The first-order valence-electron chi connectivity index (χ1n) is 5.34. The minimum atomic E-state index is -2.86. The maximum atomic E-state index is 11.3. The summed E-state index contributed by atoms with van der Waals surface area (Å²) < 4.78 is 27.2. The molecular weight excluding hydrogens is 230 g/mol. The molecule has 0 aliphatic carbocycles. The second-order valence-corrected chi connectivity index (χ2v) is 6.65. The summed E-state index contributed by atoms with van der Waals surface area (Å²) in [6.45, 7) is 2.32. The number of hydrogen-bond donors (Lipinski definition) is 0. The van der Waals surface area contributed by atoms with Crippen molar-refractivity contribution in [2.24, 2.45) is 5.92 Å². The molecule has 0 aromatic rings. The van der Waals surface area contributed by atoms with Crippen molar-refractivity contribution in [1.29, 1.82) is 0 Å². The van der Waals surface area contributed by atoms with Gasteiger partial charge in [0.15, 0.2) is 9.84 Å². The molecule has 1 rings (SSSR count). The quantitative estimate of drug-likeness (QED) is 0.652. The number of carbonyl (C=O) groups is 1. The van der Waals surface area contributed by atoms with Gasteiger partial charge in [0, 0.05) is 12.6 Å². The van der Waals surface area contributed by atoms with Gasteiger partial charge in [0.1, 0.15) is 0 Å². The first-order valence-corrected chi connectivity index (χ1v) is 7.16. The van der Waals surface area contributed by atoms with Crippen LogP contribution in [0.1, 0.15) is 13.3 Å². The highest BCUT2D eigenvalue weighted by Gasteiger charge is 2.31. The second kappa shape index (κ2) is 5.14. The fourth-order valence-electron chi connectivity index (χ4n) is 1.98. The molecule has 1 aliphatic rings. The van der Waals surface area contributed by atoms with Gasteiger partial charge in [-0.3, -0.25) is 4.79 Å². The van der Waals surface area contributed by atoms with Crippen LogP contribution in [0.25, 0.3) is 0 Å². The molecule has 0 radical (unpaired) electrons. The van der Waals surface area contributed by atoms with Crippen molar-refractivity contribution < 1.29 is 17.9 Å². The predicted octanol–water partition coefficient (Wildman–Crippen LogP) is -0.0856. The van der Waals surface area contributed by atoms with E-state index in [-0.39, 0.29) is 29.4 Å². The van der Waals surface area contributed by atoms with Gasteiger partial charge in [-0.1, -0.05) is 6.92 Å². The molecule has 1 fully saturated rings. The summed E-state index contributed by atoms with van der Waals surface area (Å²) >= 11 is 0. The lowest BCUT2D eigenvalue weighted by Crippen LogP contribution is -2.38. The van der Waals surface area contributed by atoms with Crippen LogP contribution in [0.4, 0.5) is 0 Å². The maximum absolute atomic E-state index is 11.3. The Bertz CT molecular complexity index is 352. The summed E-state index contributed by atoms with van der Waals surface area (Å²) in [6.07, 6.45) is 0.659. The Morgan fingerprint density at radius 3 is 2.62 bits per heavy atom. The Labute approximate surface area is 96.7 Å². The summed E-state index contributed by atoms with van der Waals surface area (Å²) in [6, 6.07) is 0.0390. The lowest BCUT2D eigenvalue weighted by molar-refractivity contribution is -0.145. The van der Waals surface area contributed by atoms with Crippen molar-refractivity contribution in [3.63, 3.8) is 0 Å². The Hall–Kier alpha value is -0.620. The summed E-state index contributed by atoms with van der Waals surface area (Å²) in [7, 11) is 0.352. The average molecular weight is 249 g/mol. The first-order chi connectivity index (χ1) is 7.35. The molecule has 0 bridgehead atoms. The summed E-state index contributed by atoms with van der Waals surface area (Å²) in [5.74, 6) is -0.0163. The van der Waals surface area contributed by atoms with Gasteiger partial charge in [0.25, 0.3) is 0 Å². The molecule has 0 amide bonds. The minimum absolute atomic E-state index is 0.0390. The van der Waals surface area contributed by atoms with Gasteiger partial charge in [0.2, 0.25) is 0 Å². The lowest BCUT2D eigenvalue weighted by Gasteiger charge is -2.25. The molecule has 1 heterocycles. The van der Waals surface area contributed by atoms with Crippen LogP contribution < -0.4 is 0 Å². The van der Waals surface area contributed by atoms with E-state index < -0.39 is 9.84 Å². The van der Waals surface area contributed by atoms with Crippen LogP contribution >= 0.6 is 0 Å². The molecule has 94 valence electrons. The van der Waals surface area contributed by atoms with Crippen molar-refractivity contribution in [1.82, 2.24) is 4.90 Å². The van der Waals surface area contributed by atoms with E-state index in [2.05, 4.69) is 4.74 Å². The zero-order valence-electron chi connectivity index (χ0n) is 9.97. The third kappa shape index (κ3) is 3.45. The van der Waals surface area contributed by atoms with E-state index in [9.17, 15) is 13.2 Å². The van der Waals surface area contributed by atoms with Crippen LogP contribution in [0.2, 0.25) is 0 Å². The Balaban J connectivity index is 2.47. The number of nitrogens with zero attached hydrogens (tertiary/aromatic N) is 1. The van der Waals surface area contributed by atoms with Crippen molar-refractivity contribution in [3.8, 4) is 0 Å². The zero-order chi connectivity index (χ0) is 12.3. The molecule has 0 N–H and O–H groups in total. The Kier molecular flexibility index (Phi) is 4.32. The zero-order valence-corrected chi connectivity index (χ0v) is 10.8. The van der Waals surface area contributed by atoms with E-state index >= 15 is 0 Å². The van der Waals surface area contributed by atoms with Gasteiger partial charge in [-0.15, -0.1) is 0 Å². The van der Waals surface area contributed by atoms with Gasteiger partial charge in [-0.25, -0.2) is 8.42 Å². The fourth-order valence-corrected chi connectivity index (χ4v) is 3.79. The van der Waals surface area contributed by atoms with Crippen LogP contribution in [0.5, 0.6) is 0 Å². The van der Waals surface area contributed by atoms with Gasteiger partial charge in [-0.2, -0.15) is 0 Å². The van der Waals surface area contributed by atoms with E-state index in [1.165, 1.54) is 7.11 Å². The summed E-state index contributed by atoms with van der Waals surface area (Å²) in [5, 5.41) is 0. The predicted molar refractivity (Wildman–Crippen MR) is 60.9 cm³/mol. The molecule has 16 heavy (non-hydrogen) atoms. The molecule has 6 heteroatoms. The standard InChI is InChI=1S/C10H19NO4S/c1-8(10(12)15-3)6-11(2)9-4-5-16(13,14)7-9/h8-9H,4-7H2,1-3H3. The number of carbonyl (C=O) groups excluding carboxylic acids is 1. The molecular formula is C10H19NO4S. The molecule has 0 aromatic heterocycles. The third-order valence-corrected chi connectivity index (χ3v) is 4.75. The highest BCUT2D eigenvalue weighted by molar-refractivity contribution is 7.91. The number of hydrogen-bond acceptors (Lipinski definition) is 5.